The molecule has 0 saturated carbocycles. The van der Waals surface area contributed by atoms with Crippen molar-refractivity contribution >= 4 is 50.7 Å². The molecule has 2 rings (SSSR count). The Hall–Kier alpha value is -0.420. The summed E-state index contributed by atoms with van der Waals surface area (Å²) in [5.74, 6) is 0.295. The molecule has 0 atom stereocenters. The Balaban J connectivity index is 2.62. The van der Waals surface area contributed by atoms with Crippen LogP contribution in [0.3, 0.4) is 0 Å². The molecule has 0 aliphatic heterocycles. The Kier molecular flexibility index (Phi) is 3.64. The van der Waals surface area contributed by atoms with Gasteiger partial charge >= 0.3 is 0 Å². The van der Waals surface area contributed by atoms with Gasteiger partial charge < -0.3 is 0 Å². The van der Waals surface area contributed by atoms with E-state index in [1.54, 1.807) is 18.3 Å². The van der Waals surface area contributed by atoms with Crippen molar-refractivity contribution in [3.8, 4) is 11.5 Å². The smallest absolute Gasteiger partial charge is 0.182 e. The van der Waals surface area contributed by atoms with Crippen LogP contribution in [0.1, 0.15) is 0 Å². The van der Waals surface area contributed by atoms with Crippen molar-refractivity contribution in [3.05, 3.63) is 38.1 Å². The van der Waals surface area contributed by atoms with Crippen molar-refractivity contribution in [2.45, 2.75) is 0 Å². The summed E-state index contributed by atoms with van der Waals surface area (Å²) in [5, 5.41) is 0.880. The number of nitrogens with zero attached hydrogens (tertiary/aromatic N) is 3. The molecule has 16 heavy (non-hydrogen) atoms. The molecule has 0 saturated heterocycles. The summed E-state index contributed by atoms with van der Waals surface area (Å²) in [6.07, 6.45) is 1.59. The Bertz CT molecular complexity index is 524. The summed E-state index contributed by atoms with van der Waals surface area (Å²) in [7, 11) is 0. The predicted octanol–water partition coefficient (Wildman–Crippen LogP) is 4.26. The van der Waals surface area contributed by atoms with E-state index in [4.69, 9.17) is 34.8 Å². The molecule has 0 aromatic carbocycles. The van der Waals surface area contributed by atoms with Gasteiger partial charge in [0, 0.05) is 6.20 Å². The zero-order chi connectivity index (χ0) is 11.7. The summed E-state index contributed by atoms with van der Waals surface area (Å²) in [5.41, 5.74) is 0.445. The zero-order valence-corrected chi connectivity index (χ0v) is 11.4. The van der Waals surface area contributed by atoms with E-state index in [0.717, 1.165) is 0 Å². The van der Waals surface area contributed by atoms with Gasteiger partial charge in [-0.2, -0.15) is 0 Å². The molecule has 2 aromatic heterocycles. The number of halogens is 4. The maximum atomic E-state index is 5.96. The fourth-order valence-corrected chi connectivity index (χ4v) is 1.82. The molecule has 2 aromatic rings. The van der Waals surface area contributed by atoms with Crippen LogP contribution < -0.4 is 0 Å². The van der Waals surface area contributed by atoms with E-state index in [0.29, 0.717) is 21.0 Å². The number of aromatic nitrogens is 3. The Morgan fingerprint density at radius 1 is 1.06 bits per heavy atom. The van der Waals surface area contributed by atoms with Gasteiger partial charge in [0.15, 0.2) is 5.82 Å². The van der Waals surface area contributed by atoms with Crippen LogP contribution in [0.2, 0.25) is 15.3 Å². The lowest BCUT2D eigenvalue weighted by atomic mass is 10.3. The van der Waals surface area contributed by atoms with Crippen molar-refractivity contribution in [2.24, 2.45) is 0 Å². The Labute approximate surface area is 115 Å². The first-order chi connectivity index (χ1) is 7.59. The molecule has 2 heterocycles. The first-order valence-electron chi connectivity index (χ1n) is 4.09. The van der Waals surface area contributed by atoms with Crippen molar-refractivity contribution in [3.63, 3.8) is 0 Å². The first-order valence-corrected chi connectivity index (χ1v) is 6.01. The molecular formula is C9H3BrCl3N3. The third-order valence-electron chi connectivity index (χ3n) is 1.74. The SMILES string of the molecule is Clc1cccnc1-c1nc(Cl)c(Br)c(Cl)n1. The number of rotatable bonds is 1. The standard InChI is InChI=1S/C9H3BrCl3N3/c10-5-7(12)15-9(16-8(5)13)6-4(11)2-1-3-14-6/h1-3H. The lowest BCUT2D eigenvalue weighted by Gasteiger charge is -2.04. The lowest BCUT2D eigenvalue weighted by molar-refractivity contribution is 1.13. The second kappa shape index (κ2) is 4.84. The molecule has 0 unspecified atom stereocenters. The molecule has 0 bridgehead atoms. The molecule has 0 radical (unpaired) electrons. The van der Waals surface area contributed by atoms with Gasteiger partial charge in [-0.1, -0.05) is 34.8 Å². The second-order valence-electron chi connectivity index (χ2n) is 2.78. The quantitative estimate of drug-likeness (QED) is 0.729. The maximum Gasteiger partial charge on any atom is 0.182 e. The highest BCUT2D eigenvalue weighted by molar-refractivity contribution is 9.10. The van der Waals surface area contributed by atoms with Crippen molar-refractivity contribution in [1.82, 2.24) is 15.0 Å². The monoisotopic (exact) mass is 337 g/mol. The first kappa shape index (κ1) is 12.0. The molecule has 0 aliphatic rings. The van der Waals surface area contributed by atoms with Crippen LogP contribution in [0.25, 0.3) is 11.5 Å². The van der Waals surface area contributed by atoms with Gasteiger partial charge in [-0.15, -0.1) is 0 Å². The van der Waals surface area contributed by atoms with Gasteiger partial charge in [0.1, 0.15) is 16.0 Å². The summed E-state index contributed by atoms with van der Waals surface area (Å²) in [6.45, 7) is 0. The zero-order valence-electron chi connectivity index (χ0n) is 7.59. The topological polar surface area (TPSA) is 38.7 Å². The van der Waals surface area contributed by atoms with Crippen LogP contribution in [-0.4, -0.2) is 15.0 Å². The molecular weight excluding hydrogens is 336 g/mol. The van der Waals surface area contributed by atoms with Gasteiger partial charge in [0.05, 0.1) is 9.50 Å². The van der Waals surface area contributed by atoms with Crippen molar-refractivity contribution in [2.75, 3.05) is 0 Å². The molecule has 7 heteroatoms. The third-order valence-corrected chi connectivity index (χ3v) is 3.80. The molecule has 0 fully saturated rings. The molecule has 0 N–H and O–H groups in total. The highest BCUT2D eigenvalue weighted by Crippen LogP contribution is 2.31. The molecule has 0 amide bonds. The van der Waals surface area contributed by atoms with E-state index in [9.17, 15) is 0 Å². The molecule has 82 valence electrons. The number of hydrogen-bond acceptors (Lipinski definition) is 3. The van der Waals surface area contributed by atoms with Crippen LogP contribution in [0.15, 0.2) is 22.8 Å². The maximum absolute atomic E-state index is 5.96. The van der Waals surface area contributed by atoms with Crippen molar-refractivity contribution in [1.29, 1.82) is 0 Å². The minimum absolute atomic E-state index is 0.219. The van der Waals surface area contributed by atoms with Gasteiger partial charge in [0.2, 0.25) is 0 Å². The third kappa shape index (κ3) is 2.30. The van der Waals surface area contributed by atoms with E-state index >= 15 is 0 Å². The van der Waals surface area contributed by atoms with Crippen molar-refractivity contribution < 1.29 is 0 Å². The fourth-order valence-electron chi connectivity index (χ4n) is 1.05. The summed E-state index contributed by atoms with van der Waals surface area (Å²) < 4.78 is 0.451. The summed E-state index contributed by atoms with van der Waals surface area (Å²) in [6, 6.07) is 3.41. The lowest BCUT2D eigenvalue weighted by Crippen LogP contribution is -1.94. The van der Waals surface area contributed by atoms with Crippen LogP contribution >= 0.6 is 50.7 Å². The summed E-state index contributed by atoms with van der Waals surface area (Å²) in [4.78, 5) is 12.2. The predicted molar refractivity (Wildman–Crippen MR) is 68.0 cm³/mol. The molecule has 3 nitrogen and oxygen atoms in total. The number of hydrogen-bond donors (Lipinski definition) is 0. The molecule has 0 aliphatic carbocycles. The average molecular weight is 339 g/mol. The van der Waals surface area contributed by atoms with E-state index in [2.05, 4.69) is 30.9 Å². The summed E-state index contributed by atoms with van der Waals surface area (Å²) >= 11 is 20.9. The van der Waals surface area contributed by atoms with Gasteiger partial charge in [-0.3, -0.25) is 4.98 Å². The van der Waals surface area contributed by atoms with E-state index in [1.165, 1.54) is 0 Å². The largest absolute Gasteiger partial charge is 0.251 e. The Morgan fingerprint density at radius 2 is 1.69 bits per heavy atom. The molecule has 0 spiro atoms. The van der Waals surface area contributed by atoms with Crippen LogP contribution in [-0.2, 0) is 0 Å². The van der Waals surface area contributed by atoms with Gasteiger partial charge in [0.25, 0.3) is 0 Å². The van der Waals surface area contributed by atoms with E-state index < -0.39 is 0 Å². The Morgan fingerprint density at radius 3 is 2.25 bits per heavy atom. The second-order valence-corrected chi connectivity index (χ2v) is 4.69. The van der Waals surface area contributed by atoms with E-state index in [1.807, 2.05) is 0 Å². The minimum atomic E-state index is 0.219. The minimum Gasteiger partial charge on any atom is -0.251 e. The highest BCUT2D eigenvalue weighted by Gasteiger charge is 2.13. The normalized spacial score (nSPS) is 10.5. The van der Waals surface area contributed by atoms with Crippen LogP contribution in [0.5, 0.6) is 0 Å². The highest BCUT2D eigenvalue weighted by atomic mass is 79.9. The van der Waals surface area contributed by atoms with Crippen LogP contribution in [0, 0.1) is 0 Å². The average Bonchev–Trinajstić information content (AvgIpc) is 2.26. The van der Waals surface area contributed by atoms with Gasteiger partial charge in [-0.25, -0.2) is 9.97 Å². The fraction of sp³-hybridized carbons (Fsp3) is 0. The number of pyridine rings is 1. The van der Waals surface area contributed by atoms with Crippen LogP contribution in [0.4, 0.5) is 0 Å². The van der Waals surface area contributed by atoms with E-state index in [-0.39, 0.29) is 10.3 Å². The van der Waals surface area contributed by atoms with Gasteiger partial charge in [-0.05, 0) is 28.1 Å².